The van der Waals surface area contributed by atoms with Gasteiger partial charge in [0.1, 0.15) is 5.75 Å². The van der Waals surface area contributed by atoms with Crippen molar-refractivity contribution in [2.45, 2.75) is 19.4 Å². The van der Waals surface area contributed by atoms with Crippen LogP contribution >= 0.6 is 0 Å². The molecule has 0 fully saturated rings. The summed E-state index contributed by atoms with van der Waals surface area (Å²) in [4.78, 5) is 31.2. The monoisotopic (exact) mass is 469 g/mol. The van der Waals surface area contributed by atoms with E-state index < -0.39 is 5.97 Å². The van der Waals surface area contributed by atoms with Crippen molar-refractivity contribution in [3.05, 3.63) is 94.7 Å². The molecule has 3 aromatic carbocycles. The average Bonchev–Trinajstić information content (AvgIpc) is 3.26. The fraction of sp³-hybridized carbons (Fsp3) is 0.214. The number of hydrogen-bond donors (Lipinski definition) is 2. The molecule has 1 aromatic heterocycles. The van der Waals surface area contributed by atoms with Crippen LogP contribution in [-0.2, 0) is 11.2 Å². The number of aryl methyl sites for hydroxylation is 1. The van der Waals surface area contributed by atoms with Gasteiger partial charge in [-0.25, -0.2) is 9.59 Å². The van der Waals surface area contributed by atoms with Gasteiger partial charge < -0.3 is 24.7 Å². The first kappa shape index (κ1) is 22.5. The zero-order chi connectivity index (χ0) is 24.5. The third kappa shape index (κ3) is 4.10. The number of nitrogens with one attached hydrogen (secondary N) is 2. The molecular weight excluding hydrogens is 442 g/mol. The third-order valence-electron chi connectivity index (χ3n) is 6.56. The van der Waals surface area contributed by atoms with Crippen LogP contribution in [0.2, 0.25) is 0 Å². The fourth-order valence-electron chi connectivity index (χ4n) is 4.78. The number of aromatic nitrogens is 1. The topological polar surface area (TPSA) is 83.7 Å². The molecule has 0 saturated heterocycles. The number of urea groups is 1. The van der Waals surface area contributed by atoms with Crippen molar-refractivity contribution in [2.24, 2.45) is 0 Å². The molecule has 2 heterocycles. The molecule has 2 amide bonds. The van der Waals surface area contributed by atoms with Gasteiger partial charge in [-0.15, -0.1) is 0 Å². The molecule has 0 unspecified atom stereocenters. The number of para-hydroxylation sites is 1. The summed E-state index contributed by atoms with van der Waals surface area (Å²) in [6.07, 6.45) is 0.691. The first-order chi connectivity index (χ1) is 17.0. The molecule has 1 aliphatic rings. The Morgan fingerprint density at radius 1 is 1.03 bits per heavy atom. The van der Waals surface area contributed by atoms with E-state index >= 15 is 0 Å². The molecular formula is C28H27N3O4. The zero-order valence-corrected chi connectivity index (χ0v) is 19.9. The molecule has 1 atom stereocenters. The maximum atomic E-state index is 13.6. The SMILES string of the molecule is COC(=O)c1ccccc1NC(=O)N1CCc2c([nH]c3ccc(OC)cc23)[C@H]1c1ccc(C)cc1. The zero-order valence-electron chi connectivity index (χ0n) is 19.9. The normalized spacial score (nSPS) is 14.9. The first-order valence-corrected chi connectivity index (χ1v) is 11.5. The number of H-pyrrole nitrogens is 1. The average molecular weight is 470 g/mol. The molecule has 5 rings (SSSR count). The smallest absolute Gasteiger partial charge is 0.339 e. The van der Waals surface area contributed by atoms with Crippen LogP contribution in [0.3, 0.4) is 0 Å². The highest BCUT2D eigenvalue weighted by Crippen LogP contribution is 2.39. The van der Waals surface area contributed by atoms with Crippen LogP contribution in [0, 0.1) is 6.92 Å². The lowest BCUT2D eigenvalue weighted by atomic mass is 9.92. The van der Waals surface area contributed by atoms with Gasteiger partial charge in [-0.2, -0.15) is 0 Å². The van der Waals surface area contributed by atoms with Gasteiger partial charge in [0, 0.05) is 23.1 Å². The number of aromatic amines is 1. The van der Waals surface area contributed by atoms with E-state index in [1.165, 1.54) is 12.7 Å². The number of nitrogens with zero attached hydrogens (tertiary/aromatic N) is 1. The number of carbonyl (C=O) groups excluding carboxylic acids is 2. The van der Waals surface area contributed by atoms with Crippen LogP contribution < -0.4 is 10.1 Å². The summed E-state index contributed by atoms with van der Waals surface area (Å²) >= 11 is 0. The third-order valence-corrected chi connectivity index (χ3v) is 6.56. The van der Waals surface area contributed by atoms with E-state index in [0.29, 0.717) is 24.2 Å². The Morgan fingerprint density at radius 2 is 1.80 bits per heavy atom. The Labute approximate surface area is 203 Å². The number of ether oxygens (including phenoxy) is 2. The fourth-order valence-corrected chi connectivity index (χ4v) is 4.78. The van der Waals surface area contributed by atoms with E-state index in [1.54, 1.807) is 31.4 Å². The predicted molar refractivity (Wildman–Crippen MR) is 135 cm³/mol. The van der Waals surface area contributed by atoms with E-state index in [1.807, 2.05) is 30.0 Å². The van der Waals surface area contributed by atoms with Gasteiger partial charge in [-0.3, -0.25) is 0 Å². The molecule has 0 saturated carbocycles. The van der Waals surface area contributed by atoms with E-state index in [-0.39, 0.29) is 12.1 Å². The van der Waals surface area contributed by atoms with Crippen molar-refractivity contribution >= 4 is 28.6 Å². The molecule has 0 spiro atoms. The maximum Gasteiger partial charge on any atom is 0.339 e. The van der Waals surface area contributed by atoms with E-state index in [2.05, 4.69) is 34.6 Å². The number of benzene rings is 3. The highest BCUT2D eigenvalue weighted by molar-refractivity contribution is 6.01. The minimum atomic E-state index is -0.499. The molecule has 2 N–H and O–H groups in total. The Hall–Kier alpha value is -4.26. The second-order valence-corrected chi connectivity index (χ2v) is 8.65. The number of carbonyl (C=O) groups is 2. The maximum absolute atomic E-state index is 13.6. The van der Waals surface area contributed by atoms with Crippen LogP contribution in [0.25, 0.3) is 10.9 Å². The van der Waals surface area contributed by atoms with E-state index in [9.17, 15) is 9.59 Å². The van der Waals surface area contributed by atoms with Gasteiger partial charge in [-0.05, 0) is 54.8 Å². The number of rotatable bonds is 4. The number of anilines is 1. The Bertz CT molecular complexity index is 1410. The number of esters is 1. The minimum absolute atomic E-state index is 0.284. The second kappa shape index (κ2) is 9.18. The number of amides is 2. The summed E-state index contributed by atoms with van der Waals surface area (Å²) in [5.41, 5.74) is 6.06. The van der Waals surface area contributed by atoms with Crippen LogP contribution in [-0.4, -0.2) is 42.6 Å². The van der Waals surface area contributed by atoms with Gasteiger partial charge in [0.25, 0.3) is 0 Å². The second-order valence-electron chi connectivity index (χ2n) is 8.65. The molecule has 4 aromatic rings. The lowest BCUT2D eigenvalue weighted by Crippen LogP contribution is -2.43. The summed E-state index contributed by atoms with van der Waals surface area (Å²) in [6, 6.07) is 20.5. The van der Waals surface area contributed by atoms with Crippen LogP contribution in [0.4, 0.5) is 10.5 Å². The summed E-state index contributed by atoms with van der Waals surface area (Å²) in [7, 11) is 2.99. The first-order valence-electron chi connectivity index (χ1n) is 11.5. The van der Waals surface area contributed by atoms with Gasteiger partial charge in [0.15, 0.2) is 0 Å². The highest BCUT2D eigenvalue weighted by Gasteiger charge is 2.35. The minimum Gasteiger partial charge on any atom is -0.497 e. The summed E-state index contributed by atoms with van der Waals surface area (Å²) in [6.45, 7) is 2.56. The van der Waals surface area contributed by atoms with Crippen molar-refractivity contribution in [3.8, 4) is 5.75 Å². The van der Waals surface area contributed by atoms with E-state index in [0.717, 1.165) is 33.5 Å². The van der Waals surface area contributed by atoms with E-state index in [4.69, 9.17) is 9.47 Å². The standard InChI is InChI=1S/C28H27N3O4/c1-17-8-10-18(11-9-17)26-25-20(22-16-19(34-2)12-13-24(22)29-25)14-15-31(26)28(33)30-23-7-5-4-6-21(23)27(32)35-3/h4-13,16,26,29H,14-15H2,1-3H3,(H,30,33)/t26-/m1/s1. The molecule has 0 aliphatic carbocycles. The number of methoxy groups -OCH3 is 2. The van der Waals surface area contributed by atoms with Crippen LogP contribution in [0.15, 0.2) is 66.7 Å². The molecule has 1 aliphatic heterocycles. The lowest BCUT2D eigenvalue weighted by Gasteiger charge is -2.36. The molecule has 35 heavy (non-hydrogen) atoms. The van der Waals surface area contributed by atoms with Crippen molar-refractivity contribution in [3.63, 3.8) is 0 Å². The van der Waals surface area contributed by atoms with Crippen molar-refractivity contribution in [2.75, 3.05) is 26.1 Å². The molecule has 7 heteroatoms. The van der Waals surface area contributed by atoms with Crippen LogP contribution in [0.5, 0.6) is 5.75 Å². The Kier molecular flexibility index (Phi) is 5.91. The molecule has 0 radical (unpaired) electrons. The quantitative estimate of drug-likeness (QED) is 0.389. The van der Waals surface area contributed by atoms with Gasteiger partial charge in [-0.1, -0.05) is 42.0 Å². The number of fused-ring (bicyclic) bond motifs is 3. The summed E-state index contributed by atoms with van der Waals surface area (Å²) < 4.78 is 10.3. The van der Waals surface area contributed by atoms with Gasteiger partial charge in [0.2, 0.25) is 0 Å². The van der Waals surface area contributed by atoms with Crippen molar-refractivity contribution < 1.29 is 19.1 Å². The van der Waals surface area contributed by atoms with Crippen LogP contribution in [0.1, 0.15) is 38.8 Å². The molecule has 7 nitrogen and oxygen atoms in total. The van der Waals surface area contributed by atoms with Crippen molar-refractivity contribution in [1.82, 2.24) is 9.88 Å². The van der Waals surface area contributed by atoms with Gasteiger partial charge in [0.05, 0.1) is 31.5 Å². The highest BCUT2D eigenvalue weighted by atomic mass is 16.5. The predicted octanol–water partition coefficient (Wildman–Crippen LogP) is 5.45. The summed E-state index contributed by atoms with van der Waals surface area (Å²) in [5, 5.41) is 4.05. The van der Waals surface area contributed by atoms with Crippen molar-refractivity contribution in [1.29, 1.82) is 0 Å². The number of hydrogen-bond acceptors (Lipinski definition) is 4. The molecule has 0 bridgehead atoms. The largest absolute Gasteiger partial charge is 0.497 e. The Morgan fingerprint density at radius 3 is 2.54 bits per heavy atom. The lowest BCUT2D eigenvalue weighted by molar-refractivity contribution is 0.0602. The Balaban J connectivity index is 1.57. The summed E-state index contributed by atoms with van der Waals surface area (Å²) in [5.74, 6) is 0.298. The van der Waals surface area contributed by atoms with Gasteiger partial charge >= 0.3 is 12.0 Å². The molecule has 178 valence electrons.